The van der Waals surface area contributed by atoms with Crippen LogP contribution in [-0.2, 0) is 0 Å². The lowest BCUT2D eigenvalue weighted by atomic mass is 10.1. The molecule has 0 saturated carbocycles. The van der Waals surface area contributed by atoms with Gasteiger partial charge in [-0.05, 0) is 11.6 Å². The van der Waals surface area contributed by atoms with Gasteiger partial charge in [-0.15, -0.1) is 0 Å². The average Bonchev–Trinajstić information content (AvgIpc) is 3.08. The Hall–Kier alpha value is -3.00. The van der Waals surface area contributed by atoms with Crippen LogP contribution < -0.4 is 4.74 Å². The van der Waals surface area contributed by atoms with Gasteiger partial charge in [-0.2, -0.15) is 10.4 Å². The highest BCUT2D eigenvalue weighted by atomic mass is 16.5. The molecule has 3 rings (SSSR count). The van der Waals surface area contributed by atoms with E-state index in [0.717, 1.165) is 17.7 Å². The molecule has 2 aromatic rings. The van der Waals surface area contributed by atoms with Gasteiger partial charge in [0.2, 0.25) is 0 Å². The maximum atomic E-state index is 10.3. The highest BCUT2D eigenvalue weighted by molar-refractivity contribution is 6.01. The van der Waals surface area contributed by atoms with E-state index in [9.17, 15) is 10.4 Å². The van der Waals surface area contributed by atoms with E-state index < -0.39 is 6.04 Å². The summed E-state index contributed by atoms with van der Waals surface area (Å²) in [4.78, 5) is 0. The molecule has 0 spiro atoms. The van der Waals surface area contributed by atoms with Gasteiger partial charge in [0.15, 0.2) is 17.5 Å². The largest absolute Gasteiger partial charge is 0.504 e. The number of methoxy groups -OCH3 is 1. The third kappa shape index (κ3) is 2.84. The number of hydrogen-bond donors (Lipinski definition) is 1. The zero-order chi connectivity index (χ0) is 16.2. The van der Waals surface area contributed by atoms with E-state index in [1.54, 1.807) is 23.2 Å². The fourth-order valence-corrected chi connectivity index (χ4v) is 2.72. The third-order valence-corrected chi connectivity index (χ3v) is 3.90. The van der Waals surface area contributed by atoms with Crippen LogP contribution in [0.25, 0.3) is 0 Å². The van der Waals surface area contributed by atoms with E-state index in [-0.39, 0.29) is 5.75 Å². The van der Waals surface area contributed by atoms with Gasteiger partial charge in [-0.3, -0.25) is 5.01 Å². The molecule has 5 nitrogen and oxygen atoms in total. The number of nitrogens with zero attached hydrogens (tertiary/aromatic N) is 3. The maximum Gasteiger partial charge on any atom is 0.164 e. The first-order chi connectivity index (χ1) is 11.2. The van der Waals surface area contributed by atoms with Gasteiger partial charge in [0.25, 0.3) is 0 Å². The molecule has 0 unspecified atom stereocenters. The lowest BCUT2D eigenvalue weighted by Crippen LogP contribution is -2.20. The first kappa shape index (κ1) is 14.9. The average molecular weight is 307 g/mol. The van der Waals surface area contributed by atoms with Crippen molar-refractivity contribution in [2.45, 2.75) is 12.5 Å². The highest BCUT2D eigenvalue weighted by Crippen LogP contribution is 2.36. The monoisotopic (exact) mass is 307 g/mol. The number of hydrogen-bond acceptors (Lipinski definition) is 5. The molecule has 23 heavy (non-hydrogen) atoms. The summed E-state index contributed by atoms with van der Waals surface area (Å²) < 4.78 is 5.12. The summed E-state index contributed by atoms with van der Waals surface area (Å²) in [5.74, 6) is 0.346. The second-order valence-corrected chi connectivity index (χ2v) is 5.26. The van der Waals surface area contributed by atoms with E-state index in [1.807, 2.05) is 30.3 Å². The molecule has 0 amide bonds. The predicted octanol–water partition coefficient (Wildman–Crippen LogP) is 3.08. The molecule has 0 aromatic heterocycles. The van der Waals surface area contributed by atoms with Crippen molar-refractivity contribution < 1.29 is 9.84 Å². The molecule has 1 atom stereocenters. The molecule has 5 heteroatoms. The molecular weight excluding hydrogens is 290 g/mol. The van der Waals surface area contributed by atoms with Gasteiger partial charge < -0.3 is 9.84 Å². The second-order valence-electron chi connectivity index (χ2n) is 5.26. The van der Waals surface area contributed by atoms with E-state index >= 15 is 0 Å². The van der Waals surface area contributed by atoms with Crippen LogP contribution in [0.3, 0.4) is 0 Å². The van der Waals surface area contributed by atoms with Crippen molar-refractivity contribution >= 4 is 5.71 Å². The van der Waals surface area contributed by atoms with Gasteiger partial charge in [0.1, 0.15) is 0 Å². The van der Waals surface area contributed by atoms with Crippen molar-refractivity contribution in [1.29, 1.82) is 5.26 Å². The first-order valence-corrected chi connectivity index (χ1v) is 7.39. The van der Waals surface area contributed by atoms with Crippen LogP contribution in [-0.4, -0.2) is 29.5 Å². The zero-order valence-electron chi connectivity index (χ0n) is 12.8. The Morgan fingerprint density at radius 2 is 2.00 bits per heavy atom. The predicted molar refractivity (Wildman–Crippen MR) is 87.3 cm³/mol. The maximum absolute atomic E-state index is 10.3. The van der Waals surface area contributed by atoms with Crippen LogP contribution in [0.1, 0.15) is 23.6 Å². The number of rotatable bonds is 4. The smallest absolute Gasteiger partial charge is 0.164 e. The SMILES string of the molecule is COc1cccc([C@H](C#N)N2CCC(c3ccccc3)=N2)c1O. The van der Waals surface area contributed by atoms with Crippen LogP contribution in [0.5, 0.6) is 11.5 Å². The summed E-state index contributed by atoms with van der Waals surface area (Å²) in [6.07, 6.45) is 0.771. The number of aromatic hydroxyl groups is 1. The summed E-state index contributed by atoms with van der Waals surface area (Å²) in [5, 5.41) is 26.2. The minimum absolute atomic E-state index is 0.00934. The highest BCUT2D eigenvalue weighted by Gasteiger charge is 2.27. The molecule has 0 saturated heterocycles. The minimum atomic E-state index is -0.647. The van der Waals surface area contributed by atoms with Gasteiger partial charge in [0, 0.05) is 18.5 Å². The van der Waals surface area contributed by atoms with Crippen LogP contribution in [0.15, 0.2) is 53.6 Å². The molecule has 1 heterocycles. The quantitative estimate of drug-likeness (QED) is 0.942. The number of benzene rings is 2. The fraction of sp³-hybridized carbons (Fsp3) is 0.222. The standard InChI is InChI=1S/C18H17N3O2/c1-23-17-9-5-8-14(18(17)22)16(12-19)21-11-10-15(20-21)13-6-3-2-4-7-13/h2-9,16,22H,10-11H2,1H3/t16-/m0/s1. The molecule has 0 aliphatic carbocycles. The van der Waals surface area contributed by atoms with Gasteiger partial charge in [-0.1, -0.05) is 42.5 Å². The summed E-state index contributed by atoms with van der Waals surface area (Å²) in [6.45, 7) is 0.638. The zero-order valence-corrected chi connectivity index (χ0v) is 12.8. The Labute approximate surface area is 135 Å². The molecular formula is C18H17N3O2. The van der Waals surface area contributed by atoms with Crippen LogP contribution in [0, 0.1) is 11.3 Å². The fourth-order valence-electron chi connectivity index (χ4n) is 2.72. The van der Waals surface area contributed by atoms with Crippen LogP contribution in [0.2, 0.25) is 0 Å². The number of ether oxygens (including phenoxy) is 1. The van der Waals surface area contributed by atoms with Crippen LogP contribution >= 0.6 is 0 Å². The number of para-hydroxylation sites is 1. The number of phenolic OH excluding ortho intramolecular Hbond substituents is 1. The molecule has 0 bridgehead atoms. The topological polar surface area (TPSA) is 68.8 Å². The van der Waals surface area contributed by atoms with Crippen molar-refractivity contribution in [2.24, 2.45) is 5.10 Å². The number of phenols is 1. The summed E-state index contributed by atoms with van der Waals surface area (Å²) in [5.41, 5.74) is 2.51. The van der Waals surface area contributed by atoms with E-state index in [1.165, 1.54) is 7.11 Å². The van der Waals surface area contributed by atoms with E-state index in [4.69, 9.17) is 4.74 Å². The minimum Gasteiger partial charge on any atom is -0.504 e. The summed E-state index contributed by atoms with van der Waals surface area (Å²) in [7, 11) is 1.49. The van der Waals surface area contributed by atoms with Gasteiger partial charge in [0.05, 0.1) is 18.9 Å². The van der Waals surface area contributed by atoms with Crippen LogP contribution in [0.4, 0.5) is 0 Å². The number of nitriles is 1. The van der Waals surface area contributed by atoms with Crippen molar-refractivity contribution in [2.75, 3.05) is 13.7 Å². The molecule has 1 N–H and O–H groups in total. The van der Waals surface area contributed by atoms with E-state index in [2.05, 4.69) is 11.2 Å². The normalized spacial score (nSPS) is 15.0. The molecule has 0 fully saturated rings. The third-order valence-electron chi connectivity index (χ3n) is 3.90. The number of hydrazone groups is 1. The molecule has 0 radical (unpaired) electrons. The van der Waals surface area contributed by atoms with Gasteiger partial charge in [-0.25, -0.2) is 0 Å². The lowest BCUT2D eigenvalue weighted by molar-refractivity contribution is 0.267. The molecule has 1 aliphatic rings. The Balaban J connectivity index is 1.92. The molecule has 1 aliphatic heterocycles. The Morgan fingerprint density at radius 1 is 1.22 bits per heavy atom. The summed E-state index contributed by atoms with van der Waals surface area (Å²) in [6, 6.07) is 16.6. The van der Waals surface area contributed by atoms with Crippen molar-refractivity contribution in [3.63, 3.8) is 0 Å². The van der Waals surface area contributed by atoms with E-state index in [0.29, 0.717) is 17.9 Å². The van der Waals surface area contributed by atoms with Crippen molar-refractivity contribution in [1.82, 2.24) is 5.01 Å². The second kappa shape index (κ2) is 6.41. The molecule has 116 valence electrons. The Bertz CT molecular complexity index is 766. The molecule has 2 aromatic carbocycles. The Kier molecular flexibility index (Phi) is 4.15. The van der Waals surface area contributed by atoms with Crippen molar-refractivity contribution in [3.8, 4) is 17.6 Å². The first-order valence-electron chi connectivity index (χ1n) is 7.39. The summed E-state index contributed by atoms with van der Waals surface area (Å²) >= 11 is 0. The lowest BCUT2D eigenvalue weighted by Gasteiger charge is -2.21. The van der Waals surface area contributed by atoms with Gasteiger partial charge >= 0.3 is 0 Å². The van der Waals surface area contributed by atoms with Crippen molar-refractivity contribution in [3.05, 3.63) is 59.7 Å². The Morgan fingerprint density at radius 3 is 2.70 bits per heavy atom.